The Balaban J connectivity index is 0.00000243. The maximum Gasteiger partial charge on any atom is 0.243 e. The first-order valence-corrected chi connectivity index (χ1v) is 9.64. The Labute approximate surface area is 161 Å². The number of ether oxygens (including phenoxy) is 1. The Morgan fingerprint density at radius 1 is 1.04 bits per heavy atom. The summed E-state index contributed by atoms with van der Waals surface area (Å²) in [5, 5.41) is 0. The molecule has 1 saturated heterocycles. The lowest BCUT2D eigenvalue weighted by molar-refractivity contribution is 0.181. The summed E-state index contributed by atoms with van der Waals surface area (Å²) >= 11 is 0. The SMILES string of the molecule is COc1ccc(S(=O)(=O)N2CCN(Cc3cccc(N)c3)CC2)cc1.Cl. The molecular formula is C18H24ClN3O3S. The molecule has 0 spiro atoms. The molecule has 0 amide bonds. The van der Waals surface area contributed by atoms with Gasteiger partial charge in [0.1, 0.15) is 5.75 Å². The van der Waals surface area contributed by atoms with E-state index in [1.807, 2.05) is 24.3 Å². The van der Waals surface area contributed by atoms with Crippen molar-refractivity contribution in [1.82, 2.24) is 9.21 Å². The molecule has 1 fully saturated rings. The number of benzene rings is 2. The third-order valence-corrected chi connectivity index (χ3v) is 6.30. The molecule has 0 atom stereocenters. The number of nitrogens with zero attached hydrogens (tertiary/aromatic N) is 2. The highest BCUT2D eigenvalue weighted by Gasteiger charge is 2.28. The summed E-state index contributed by atoms with van der Waals surface area (Å²) in [6.07, 6.45) is 0. The molecule has 3 rings (SSSR count). The maximum atomic E-state index is 12.7. The fourth-order valence-electron chi connectivity index (χ4n) is 2.97. The molecule has 1 aliphatic rings. The van der Waals surface area contributed by atoms with Gasteiger partial charge in [0.05, 0.1) is 12.0 Å². The lowest BCUT2D eigenvalue weighted by atomic mass is 10.2. The maximum absolute atomic E-state index is 12.7. The Morgan fingerprint density at radius 2 is 1.69 bits per heavy atom. The number of sulfonamides is 1. The Bertz CT molecular complexity index is 820. The van der Waals surface area contributed by atoms with Gasteiger partial charge in [0.2, 0.25) is 10.0 Å². The molecule has 26 heavy (non-hydrogen) atoms. The molecule has 0 unspecified atom stereocenters. The molecule has 2 N–H and O–H groups in total. The normalized spacial score (nSPS) is 16.0. The van der Waals surface area contributed by atoms with Crippen molar-refractivity contribution in [1.29, 1.82) is 0 Å². The van der Waals surface area contributed by atoms with E-state index in [1.165, 1.54) is 0 Å². The van der Waals surface area contributed by atoms with Crippen LogP contribution in [0.4, 0.5) is 5.69 Å². The van der Waals surface area contributed by atoms with E-state index >= 15 is 0 Å². The number of anilines is 1. The molecule has 1 heterocycles. The first-order valence-electron chi connectivity index (χ1n) is 8.20. The topological polar surface area (TPSA) is 75.9 Å². The van der Waals surface area contributed by atoms with Crippen molar-refractivity contribution < 1.29 is 13.2 Å². The van der Waals surface area contributed by atoms with Gasteiger partial charge in [-0.15, -0.1) is 12.4 Å². The molecule has 0 radical (unpaired) electrons. The smallest absolute Gasteiger partial charge is 0.243 e. The highest BCUT2D eigenvalue weighted by molar-refractivity contribution is 7.89. The van der Waals surface area contributed by atoms with Gasteiger partial charge >= 0.3 is 0 Å². The quantitative estimate of drug-likeness (QED) is 0.783. The molecule has 0 bridgehead atoms. The average molecular weight is 398 g/mol. The molecule has 0 aromatic heterocycles. The summed E-state index contributed by atoms with van der Waals surface area (Å²) in [4.78, 5) is 2.55. The third kappa shape index (κ3) is 4.67. The van der Waals surface area contributed by atoms with Crippen LogP contribution in [0.25, 0.3) is 0 Å². The van der Waals surface area contributed by atoms with E-state index in [-0.39, 0.29) is 12.4 Å². The minimum Gasteiger partial charge on any atom is -0.497 e. The van der Waals surface area contributed by atoms with Gasteiger partial charge < -0.3 is 10.5 Å². The largest absolute Gasteiger partial charge is 0.497 e. The zero-order valence-corrected chi connectivity index (χ0v) is 16.3. The molecule has 2 aromatic rings. The number of piperazine rings is 1. The third-order valence-electron chi connectivity index (χ3n) is 4.39. The van der Waals surface area contributed by atoms with Gasteiger partial charge in [-0.2, -0.15) is 4.31 Å². The van der Waals surface area contributed by atoms with Crippen LogP contribution >= 0.6 is 12.4 Å². The molecule has 6 nitrogen and oxygen atoms in total. The Hall–Kier alpha value is -1.80. The zero-order chi connectivity index (χ0) is 17.9. The van der Waals surface area contributed by atoms with E-state index in [0.717, 1.165) is 17.8 Å². The standard InChI is InChI=1S/C18H23N3O3S.ClH/c1-24-17-5-7-18(8-6-17)25(22,23)21-11-9-20(10-12-21)14-15-3-2-4-16(19)13-15;/h2-8,13H,9-12,14,19H2,1H3;1H. The van der Waals surface area contributed by atoms with Crippen LogP contribution in [0.5, 0.6) is 5.75 Å². The fourth-order valence-corrected chi connectivity index (χ4v) is 4.40. The number of methoxy groups -OCH3 is 1. The van der Waals surface area contributed by atoms with Crippen LogP contribution in [0.3, 0.4) is 0 Å². The molecule has 2 aromatic carbocycles. The van der Waals surface area contributed by atoms with E-state index in [1.54, 1.807) is 35.7 Å². The lowest BCUT2D eigenvalue weighted by Gasteiger charge is -2.34. The number of hydrogen-bond donors (Lipinski definition) is 1. The second-order valence-electron chi connectivity index (χ2n) is 6.10. The number of halogens is 1. The summed E-state index contributed by atoms with van der Waals surface area (Å²) in [5.41, 5.74) is 7.71. The van der Waals surface area contributed by atoms with Crippen molar-refractivity contribution >= 4 is 28.1 Å². The van der Waals surface area contributed by atoms with Gasteiger partial charge in [0.25, 0.3) is 0 Å². The summed E-state index contributed by atoms with van der Waals surface area (Å²) in [5.74, 6) is 0.644. The second kappa shape index (κ2) is 8.73. The van der Waals surface area contributed by atoms with Gasteiger partial charge in [0.15, 0.2) is 0 Å². The summed E-state index contributed by atoms with van der Waals surface area (Å²) in [6, 6.07) is 14.3. The summed E-state index contributed by atoms with van der Waals surface area (Å²) in [6.45, 7) is 3.14. The number of nitrogen functional groups attached to an aromatic ring is 1. The molecule has 1 aliphatic heterocycles. The molecular weight excluding hydrogens is 374 g/mol. The van der Waals surface area contributed by atoms with Crippen molar-refractivity contribution in [2.45, 2.75) is 11.4 Å². The first kappa shape index (κ1) is 20.5. The number of hydrogen-bond acceptors (Lipinski definition) is 5. The van der Waals surface area contributed by atoms with Crippen molar-refractivity contribution in [2.24, 2.45) is 0 Å². The molecule has 0 saturated carbocycles. The van der Waals surface area contributed by atoms with Crippen LogP contribution in [0.2, 0.25) is 0 Å². The van der Waals surface area contributed by atoms with Gasteiger partial charge in [-0.1, -0.05) is 12.1 Å². The zero-order valence-electron chi connectivity index (χ0n) is 14.7. The predicted octanol–water partition coefficient (Wildman–Crippen LogP) is 2.21. The fraction of sp³-hybridized carbons (Fsp3) is 0.333. The molecule has 8 heteroatoms. The predicted molar refractivity (Wildman–Crippen MR) is 105 cm³/mol. The summed E-state index contributed by atoms with van der Waals surface area (Å²) < 4.78 is 32.1. The first-order chi connectivity index (χ1) is 12.0. The average Bonchev–Trinajstić information content (AvgIpc) is 2.62. The van der Waals surface area contributed by atoms with Gasteiger partial charge in [0, 0.05) is 38.4 Å². The molecule has 142 valence electrons. The van der Waals surface area contributed by atoms with E-state index in [4.69, 9.17) is 10.5 Å². The minimum absolute atomic E-state index is 0. The molecule has 0 aliphatic carbocycles. The van der Waals surface area contributed by atoms with Crippen LogP contribution in [-0.2, 0) is 16.6 Å². The summed E-state index contributed by atoms with van der Waals surface area (Å²) in [7, 11) is -1.90. The van der Waals surface area contributed by atoms with E-state index in [0.29, 0.717) is 36.8 Å². The minimum atomic E-state index is -3.46. The monoisotopic (exact) mass is 397 g/mol. The van der Waals surface area contributed by atoms with Gasteiger partial charge in [-0.25, -0.2) is 8.42 Å². The Morgan fingerprint density at radius 3 is 2.27 bits per heavy atom. The van der Waals surface area contributed by atoms with Gasteiger partial charge in [-0.05, 0) is 42.0 Å². The van der Waals surface area contributed by atoms with Crippen LogP contribution in [-0.4, -0.2) is 50.9 Å². The van der Waals surface area contributed by atoms with Crippen LogP contribution in [0.1, 0.15) is 5.56 Å². The van der Waals surface area contributed by atoms with Crippen molar-refractivity contribution in [3.63, 3.8) is 0 Å². The van der Waals surface area contributed by atoms with E-state index < -0.39 is 10.0 Å². The highest BCUT2D eigenvalue weighted by atomic mass is 35.5. The van der Waals surface area contributed by atoms with Crippen LogP contribution in [0.15, 0.2) is 53.4 Å². The van der Waals surface area contributed by atoms with Crippen molar-refractivity contribution in [3.8, 4) is 5.75 Å². The van der Waals surface area contributed by atoms with E-state index in [9.17, 15) is 8.42 Å². The highest BCUT2D eigenvalue weighted by Crippen LogP contribution is 2.21. The van der Waals surface area contributed by atoms with Crippen LogP contribution in [0, 0.1) is 0 Å². The second-order valence-corrected chi connectivity index (χ2v) is 8.04. The van der Waals surface area contributed by atoms with Crippen molar-refractivity contribution in [2.75, 3.05) is 39.0 Å². The van der Waals surface area contributed by atoms with Crippen molar-refractivity contribution in [3.05, 3.63) is 54.1 Å². The van der Waals surface area contributed by atoms with Gasteiger partial charge in [-0.3, -0.25) is 4.90 Å². The van der Waals surface area contributed by atoms with Crippen LogP contribution < -0.4 is 10.5 Å². The number of nitrogens with two attached hydrogens (primary N) is 1. The lowest BCUT2D eigenvalue weighted by Crippen LogP contribution is -2.48. The number of rotatable bonds is 5. The van der Waals surface area contributed by atoms with E-state index in [2.05, 4.69) is 4.90 Å². The Kier molecular flexibility index (Phi) is 6.88.